The number of hydrogen-bond donors (Lipinski definition) is 3. The summed E-state index contributed by atoms with van der Waals surface area (Å²) in [5.41, 5.74) is 0. The molecular weight excluding hydrogens is 256 g/mol. The second kappa shape index (κ2) is 10.5. The standard InChI is InChI=1S/C14H28N4O2/c1-3-15-14(17-10-11-20-4-2)16-9-5-6-13(19)18-12-7-8-12/h12H,3-11H2,1-2H3,(H,18,19)(H2,15,16,17). The van der Waals surface area contributed by atoms with Gasteiger partial charge < -0.3 is 20.7 Å². The lowest BCUT2D eigenvalue weighted by Crippen LogP contribution is -2.39. The molecule has 0 radical (unpaired) electrons. The highest BCUT2D eigenvalue weighted by atomic mass is 16.5. The van der Waals surface area contributed by atoms with Crippen LogP contribution in [-0.2, 0) is 9.53 Å². The average molecular weight is 284 g/mol. The normalized spacial score (nSPS) is 15.0. The molecule has 1 saturated carbocycles. The quantitative estimate of drug-likeness (QED) is 0.313. The van der Waals surface area contributed by atoms with Crippen LogP contribution >= 0.6 is 0 Å². The maximum Gasteiger partial charge on any atom is 0.220 e. The largest absolute Gasteiger partial charge is 0.380 e. The predicted molar refractivity (Wildman–Crippen MR) is 80.9 cm³/mol. The maximum atomic E-state index is 11.5. The molecule has 20 heavy (non-hydrogen) atoms. The van der Waals surface area contributed by atoms with Gasteiger partial charge in [-0.1, -0.05) is 0 Å². The zero-order chi connectivity index (χ0) is 14.6. The van der Waals surface area contributed by atoms with Crippen LogP contribution in [0.3, 0.4) is 0 Å². The van der Waals surface area contributed by atoms with E-state index in [1.807, 2.05) is 13.8 Å². The molecule has 1 amide bonds. The Morgan fingerprint density at radius 2 is 2.10 bits per heavy atom. The fraction of sp³-hybridized carbons (Fsp3) is 0.857. The SMILES string of the molecule is CCNC(=NCCCC(=O)NC1CC1)NCCOCC. The third-order valence-corrected chi connectivity index (χ3v) is 2.86. The molecule has 1 fully saturated rings. The summed E-state index contributed by atoms with van der Waals surface area (Å²) in [7, 11) is 0. The Kier molecular flexibility index (Phi) is 8.78. The van der Waals surface area contributed by atoms with Crippen LogP contribution in [0.1, 0.15) is 39.5 Å². The number of nitrogens with zero attached hydrogens (tertiary/aromatic N) is 1. The second-order valence-corrected chi connectivity index (χ2v) is 4.83. The van der Waals surface area contributed by atoms with Crippen LogP contribution in [-0.4, -0.2) is 50.8 Å². The summed E-state index contributed by atoms with van der Waals surface area (Å²) >= 11 is 0. The minimum Gasteiger partial charge on any atom is -0.380 e. The molecule has 0 aromatic rings. The number of amides is 1. The van der Waals surface area contributed by atoms with Gasteiger partial charge in [0.15, 0.2) is 5.96 Å². The summed E-state index contributed by atoms with van der Waals surface area (Å²) in [6, 6.07) is 0.448. The summed E-state index contributed by atoms with van der Waals surface area (Å²) in [4.78, 5) is 15.9. The molecule has 0 spiro atoms. The average Bonchev–Trinajstić information content (AvgIpc) is 3.23. The number of ether oxygens (including phenoxy) is 1. The van der Waals surface area contributed by atoms with Crippen molar-refractivity contribution in [1.82, 2.24) is 16.0 Å². The van der Waals surface area contributed by atoms with Gasteiger partial charge in [-0.15, -0.1) is 0 Å². The third kappa shape index (κ3) is 8.74. The van der Waals surface area contributed by atoms with Crippen LogP contribution in [0.4, 0.5) is 0 Å². The van der Waals surface area contributed by atoms with E-state index in [0.29, 0.717) is 25.6 Å². The number of carbonyl (C=O) groups excluding carboxylic acids is 1. The molecular formula is C14H28N4O2. The van der Waals surface area contributed by atoms with Crippen LogP contribution in [0.15, 0.2) is 4.99 Å². The molecule has 0 unspecified atom stereocenters. The van der Waals surface area contributed by atoms with Gasteiger partial charge >= 0.3 is 0 Å². The first-order valence-electron chi connectivity index (χ1n) is 7.65. The molecule has 0 aromatic heterocycles. The van der Waals surface area contributed by atoms with Gasteiger partial charge in [0.2, 0.25) is 5.91 Å². The van der Waals surface area contributed by atoms with Crippen LogP contribution in [0.25, 0.3) is 0 Å². The first-order valence-corrected chi connectivity index (χ1v) is 7.65. The van der Waals surface area contributed by atoms with E-state index in [0.717, 1.165) is 44.9 Å². The molecule has 0 heterocycles. The highest BCUT2D eigenvalue weighted by Crippen LogP contribution is 2.18. The highest BCUT2D eigenvalue weighted by molar-refractivity contribution is 5.79. The fourth-order valence-electron chi connectivity index (χ4n) is 1.69. The van der Waals surface area contributed by atoms with Gasteiger partial charge in [-0.3, -0.25) is 9.79 Å². The van der Waals surface area contributed by atoms with E-state index in [1.165, 1.54) is 0 Å². The Morgan fingerprint density at radius 1 is 1.30 bits per heavy atom. The zero-order valence-electron chi connectivity index (χ0n) is 12.7. The zero-order valence-corrected chi connectivity index (χ0v) is 12.7. The van der Waals surface area contributed by atoms with Crippen molar-refractivity contribution in [3.05, 3.63) is 0 Å². The number of carbonyl (C=O) groups is 1. The lowest BCUT2D eigenvalue weighted by Gasteiger charge is -2.11. The van der Waals surface area contributed by atoms with Gasteiger partial charge in [0.25, 0.3) is 0 Å². The number of aliphatic imine (C=N–C) groups is 1. The molecule has 0 aromatic carbocycles. The molecule has 6 nitrogen and oxygen atoms in total. The summed E-state index contributed by atoms with van der Waals surface area (Å²) in [5, 5.41) is 9.35. The predicted octanol–water partition coefficient (Wildman–Crippen LogP) is 0.637. The van der Waals surface area contributed by atoms with Gasteiger partial charge in [0.05, 0.1) is 6.61 Å². The molecule has 0 atom stereocenters. The summed E-state index contributed by atoms with van der Waals surface area (Å²) in [5.74, 6) is 0.937. The molecule has 0 aliphatic heterocycles. The summed E-state index contributed by atoms with van der Waals surface area (Å²) in [6.45, 7) is 7.62. The highest BCUT2D eigenvalue weighted by Gasteiger charge is 2.22. The fourth-order valence-corrected chi connectivity index (χ4v) is 1.69. The molecule has 3 N–H and O–H groups in total. The number of rotatable bonds is 10. The number of hydrogen-bond acceptors (Lipinski definition) is 3. The number of nitrogens with one attached hydrogen (secondary N) is 3. The molecule has 6 heteroatoms. The van der Waals surface area contributed by atoms with Crippen molar-refractivity contribution >= 4 is 11.9 Å². The molecule has 0 bridgehead atoms. The molecule has 0 saturated heterocycles. The van der Waals surface area contributed by atoms with E-state index >= 15 is 0 Å². The first kappa shape index (κ1) is 16.8. The lowest BCUT2D eigenvalue weighted by atomic mass is 10.3. The first-order chi connectivity index (χ1) is 9.76. The van der Waals surface area contributed by atoms with Gasteiger partial charge in [-0.2, -0.15) is 0 Å². The minimum atomic E-state index is 0.150. The van der Waals surface area contributed by atoms with Gasteiger partial charge in [0.1, 0.15) is 0 Å². The van der Waals surface area contributed by atoms with E-state index in [1.54, 1.807) is 0 Å². The van der Waals surface area contributed by atoms with Crippen molar-refractivity contribution in [3.8, 4) is 0 Å². The monoisotopic (exact) mass is 284 g/mol. The van der Waals surface area contributed by atoms with Crippen LogP contribution in [0.5, 0.6) is 0 Å². The minimum absolute atomic E-state index is 0.150. The second-order valence-electron chi connectivity index (χ2n) is 4.83. The lowest BCUT2D eigenvalue weighted by molar-refractivity contribution is -0.121. The molecule has 1 rings (SSSR count). The van der Waals surface area contributed by atoms with E-state index in [9.17, 15) is 4.79 Å². The van der Waals surface area contributed by atoms with Crippen molar-refractivity contribution in [2.45, 2.75) is 45.6 Å². The molecule has 116 valence electrons. The van der Waals surface area contributed by atoms with E-state index in [4.69, 9.17) is 4.74 Å². The Labute approximate surface area is 121 Å². The van der Waals surface area contributed by atoms with Gasteiger partial charge in [0, 0.05) is 38.7 Å². The topological polar surface area (TPSA) is 74.8 Å². The Morgan fingerprint density at radius 3 is 2.75 bits per heavy atom. The van der Waals surface area contributed by atoms with Crippen molar-refractivity contribution in [2.75, 3.05) is 32.8 Å². The van der Waals surface area contributed by atoms with E-state index in [-0.39, 0.29) is 5.91 Å². The Bertz CT molecular complexity index is 304. The van der Waals surface area contributed by atoms with Crippen molar-refractivity contribution in [1.29, 1.82) is 0 Å². The molecule has 1 aliphatic rings. The van der Waals surface area contributed by atoms with Crippen LogP contribution < -0.4 is 16.0 Å². The smallest absolute Gasteiger partial charge is 0.220 e. The number of guanidine groups is 1. The van der Waals surface area contributed by atoms with Crippen LogP contribution in [0, 0.1) is 0 Å². The van der Waals surface area contributed by atoms with Gasteiger partial charge in [-0.25, -0.2) is 0 Å². The summed E-state index contributed by atoms with van der Waals surface area (Å²) in [6.07, 6.45) is 3.61. The third-order valence-electron chi connectivity index (χ3n) is 2.86. The molecule has 1 aliphatic carbocycles. The van der Waals surface area contributed by atoms with Crippen LogP contribution in [0.2, 0.25) is 0 Å². The van der Waals surface area contributed by atoms with E-state index < -0.39 is 0 Å². The Hall–Kier alpha value is -1.30. The maximum absolute atomic E-state index is 11.5. The van der Waals surface area contributed by atoms with E-state index in [2.05, 4.69) is 20.9 Å². The van der Waals surface area contributed by atoms with Crippen molar-refractivity contribution < 1.29 is 9.53 Å². The van der Waals surface area contributed by atoms with Gasteiger partial charge in [-0.05, 0) is 33.1 Å². The Balaban J connectivity index is 2.11. The van der Waals surface area contributed by atoms with Crippen molar-refractivity contribution in [2.24, 2.45) is 4.99 Å². The summed E-state index contributed by atoms with van der Waals surface area (Å²) < 4.78 is 5.26. The van der Waals surface area contributed by atoms with Crippen molar-refractivity contribution in [3.63, 3.8) is 0 Å².